The van der Waals surface area contributed by atoms with Crippen molar-refractivity contribution in [1.29, 1.82) is 0 Å². The quantitative estimate of drug-likeness (QED) is 0.0729. The molecule has 1 fully saturated rings. The van der Waals surface area contributed by atoms with Gasteiger partial charge < -0.3 is 23.8 Å². The number of esters is 1. The van der Waals surface area contributed by atoms with E-state index in [-0.39, 0.29) is 44.7 Å². The highest BCUT2D eigenvalue weighted by atomic mass is 35.5. The zero-order valence-electron chi connectivity index (χ0n) is 28.7. The number of nitrogens with zero attached hydrogens (tertiary/aromatic N) is 2. The van der Waals surface area contributed by atoms with Crippen LogP contribution in [0.15, 0.2) is 126 Å². The summed E-state index contributed by atoms with van der Waals surface area (Å²) in [6, 6.07) is 30.3. The first-order valence-corrected chi connectivity index (χ1v) is 19.6. The molecule has 10 nitrogen and oxygen atoms in total. The summed E-state index contributed by atoms with van der Waals surface area (Å²) in [4.78, 5) is 56.9. The summed E-state index contributed by atoms with van der Waals surface area (Å²) >= 11 is 21.0. The molecule has 2 aliphatic rings. The van der Waals surface area contributed by atoms with Crippen molar-refractivity contribution in [2.75, 3.05) is 11.5 Å². The molecule has 5 aromatic rings. The van der Waals surface area contributed by atoms with E-state index in [4.69, 9.17) is 53.8 Å². The SMILES string of the molecule is CC(=O)N(c1cccs1)C1C(=O)N2C=C(COC(=O)Oc3cc(Cl)ccc3Oc3ccc(Cl)cc3Cl)C(C(=O)OC(c3ccccc3)c3ccccc3)S[C@H]12. The number of carbonyl (C=O) groups excluding carboxylic acids is 4. The first-order chi connectivity index (χ1) is 26.6. The third-order valence-corrected chi connectivity index (χ3v) is 11.7. The summed E-state index contributed by atoms with van der Waals surface area (Å²) in [6.45, 7) is 0.940. The Morgan fingerprint density at radius 2 is 1.47 bits per heavy atom. The van der Waals surface area contributed by atoms with Gasteiger partial charge in [0.1, 0.15) is 29.0 Å². The molecule has 280 valence electrons. The lowest BCUT2D eigenvalue weighted by atomic mass is 10.0. The summed E-state index contributed by atoms with van der Waals surface area (Å²) in [5, 5.41) is 1.60. The minimum Gasteiger partial charge on any atom is -0.452 e. The molecule has 3 atom stereocenters. The highest BCUT2D eigenvalue weighted by molar-refractivity contribution is 8.01. The molecule has 0 saturated carbocycles. The second-order valence-electron chi connectivity index (χ2n) is 12.2. The fourth-order valence-corrected chi connectivity index (χ4v) is 8.87. The van der Waals surface area contributed by atoms with E-state index in [9.17, 15) is 19.2 Å². The average Bonchev–Trinajstić information content (AvgIpc) is 3.72. The van der Waals surface area contributed by atoms with Gasteiger partial charge in [-0.2, -0.15) is 0 Å². The van der Waals surface area contributed by atoms with Crippen LogP contribution in [-0.2, 0) is 23.9 Å². The molecule has 4 aromatic carbocycles. The van der Waals surface area contributed by atoms with Crippen molar-refractivity contribution in [3.8, 4) is 17.2 Å². The summed E-state index contributed by atoms with van der Waals surface area (Å²) in [5.74, 6) is -1.04. The van der Waals surface area contributed by atoms with Gasteiger partial charge in [-0.15, -0.1) is 23.1 Å². The summed E-state index contributed by atoms with van der Waals surface area (Å²) in [6.07, 6.45) is -0.438. The van der Waals surface area contributed by atoms with Gasteiger partial charge in [-0.05, 0) is 59.0 Å². The second kappa shape index (κ2) is 16.8. The van der Waals surface area contributed by atoms with E-state index in [0.29, 0.717) is 10.0 Å². The predicted molar refractivity (Wildman–Crippen MR) is 212 cm³/mol. The van der Waals surface area contributed by atoms with E-state index in [1.807, 2.05) is 66.0 Å². The van der Waals surface area contributed by atoms with Crippen molar-refractivity contribution in [3.63, 3.8) is 0 Å². The Balaban J connectivity index is 1.15. The molecule has 0 spiro atoms. The third kappa shape index (κ3) is 8.48. The Labute approximate surface area is 339 Å². The molecule has 0 aliphatic carbocycles. The van der Waals surface area contributed by atoms with Gasteiger partial charge in [0.25, 0.3) is 5.91 Å². The maximum Gasteiger partial charge on any atom is 0.514 e. The highest BCUT2D eigenvalue weighted by Gasteiger charge is 2.56. The van der Waals surface area contributed by atoms with Crippen LogP contribution in [0.3, 0.4) is 0 Å². The van der Waals surface area contributed by atoms with E-state index >= 15 is 0 Å². The maximum absolute atomic E-state index is 14.3. The van der Waals surface area contributed by atoms with E-state index < -0.39 is 41.5 Å². The number of ether oxygens (including phenoxy) is 4. The lowest BCUT2D eigenvalue weighted by molar-refractivity contribution is -0.147. The summed E-state index contributed by atoms with van der Waals surface area (Å²) in [5.41, 5.74) is 1.74. The van der Waals surface area contributed by atoms with Gasteiger partial charge in [-0.3, -0.25) is 19.3 Å². The lowest BCUT2D eigenvalue weighted by Gasteiger charge is -2.51. The second-order valence-corrected chi connectivity index (χ2v) is 15.6. The molecular formula is C40H29Cl3N2O8S2. The van der Waals surface area contributed by atoms with Gasteiger partial charge in [-0.25, -0.2) is 4.79 Å². The van der Waals surface area contributed by atoms with E-state index in [1.54, 1.807) is 24.3 Å². The first kappa shape index (κ1) is 38.3. The molecule has 1 saturated heterocycles. The number of fused-ring (bicyclic) bond motifs is 1. The third-order valence-electron chi connectivity index (χ3n) is 8.55. The molecule has 3 heterocycles. The monoisotopic (exact) mass is 834 g/mol. The fraction of sp³-hybridized carbons (Fsp3) is 0.150. The number of hydrogen-bond acceptors (Lipinski definition) is 10. The van der Waals surface area contributed by atoms with Crippen molar-refractivity contribution >= 4 is 86.8 Å². The topological polar surface area (TPSA) is 112 Å². The zero-order valence-corrected chi connectivity index (χ0v) is 32.6. The Morgan fingerprint density at radius 3 is 2.09 bits per heavy atom. The number of amides is 2. The Bertz CT molecular complexity index is 2220. The molecule has 2 unspecified atom stereocenters. The number of hydrogen-bond donors (Lipinski definition) is 0. The smallest absolute Gasteiger partial charge is 0.452 e. The number of thiophene rings is 1. The van der Waals surface area contributed by atoms with Gasteiger partial charge in [0.15, 0.2) is 17.6 Å². The molecule has 0 N–H and O–H groups in total. The zero-order chi connectivity index (χ0) is 38.6. The molecule has 2 amide bonds. The Morgan fingerprint density at radius 1 is 0.818 bits per heavy atom. The van der Waals surface area contributed by atoms with Crippen molar-refractivity contribution in [2.24, 2.45) is 0 Å². The van der Waals surface area contributed by atoms with Gasteiger partial charge in [0.2, 0.25) is 5.91 Å². The van der Waals surface area contributed by atoms with Gasteiger partial charge in [0.05, 0.1) is 10.0 Å². The van der Waals surface area contributed by atoms with Crippen LogP contribution >= 0.6 is 57.9 Å². The number of benzene rings is 4. The largest absolute Gasteiger partial charge is 0.514 e. The predicted octanol–water partition coefficient (Wildman–Crippen LogP) is 9.94. The van der Waals surface area contributed by atoms with Crippen LogP contribution in [0.25, 0.3) is 0 Å². The minimum absolute atomic E-state index is 0.0706. The van der Waals surface area contributed by atoms with Crippen LogP contribution in [0, 0.1) is 0 Å². The van der Waals surface area contributed by atoms with Crippen molar-refractivity contribution < 1.29 is 38.1 Å². The van der Waals surface area contributed by atoms with Crippen molar-refractivity contribution in [1.82, 2.24) is 4.90 Å². The number of anilines is 1. The molecule has 0 radical (unpaired) electrons. The maximum atomic E-state index is 14.3. The number of halogens is 3. The normalized spacial score (nSPS) is 17.4. The number of carbonyl (C=O) groups is 4. The first-order valence-electron chi connectivity index (χ1n) is 16.7. The molecule has 2 aliphatic heterocycles. The van der Waals surface area contributed by atoms with E-state index in [0.717, 1.165) is 22.9 Å². The summed E-state index contributed by atoms with van der Waals surface area (Å²) in [7, 11) is 0. The van der Waals surface area contributed by atoms with E-state index in [1.165, 1.54) is 58.5 Å². The standard InChI is InChI=1S/C40H29Cl3N2O8S2/c1-23(46)45(33-13-8-18-54-33)34-37(47)44-21-26(22-50-40(49)52-32-20-28(42)15-17-31(32)51-30-16-14-27(41)19-29(30)43)36(55-38(34)44)39(48)53-35(24-9-4-2-5-10-24)25-11-6-3-7-12-25/h2-21,34-36,38H,22H2,1H3/t34?,36?,38-/m1/s1. The van der Waals surface area contributed by atoms with Crippen LogP contribution in [0.2, 0.25) is 15.1 Å². The van der Waals surface area contributed by atoms with Crippen LogP contribution in [0.4, 0.5) is 9.80 Å². The van der Waals surface area contributed by atoms with Gasteiger partial charge in [-0.1, -0.05) is 95.5 Å². The van der Waals surface area contributed by atoms with Crippen LogP contribution < -0.4 is 14.4 Å². The highest BCUT2D eigenvalue weighted by Crippen LogP contribution is 2.46. The van der Waals surface area contributed by atoms with Gasteiger partial charge >= 0.3 is 12.1 Å². The lowest BCUT2D eigenvalue weighted by Crippen LogP contribution is -2.70. The summed E-state index contributed by atoms with van der Waals surface area (Å²) < 4.78 is 23.2. The molecule has 55 heavy (non-hydrogen) atoms. The number of thioether (sulfide) groups is 1. The van der Waals surface area contributed by atoms with Crippen molar-refractivity contribution in [3.05, 3.63) is 153 Å². The minimum atomic E-state index is -1.14. The average molecular weight is 836 g/mol. The Hall–Kier alpha value is -4.98. The van der Waals surface area contributed by atoms with Crippen LogP contribution in [0.5, 0.6) is 17.2 Å². The molecule has 7 rings (SSSR count). The van der Waals surface area contributed by atoms with Crippen LogP contribution in [0.1, 0.15) is 24.2 Å². The van der Waals surface area contributed by atoms with Crippen molar-refractivity contribution in [2.45, 2.75) is 29.7 Å². The number of β-lactam (4-membered cyclic amide) rings is 1. The Kier molecular flexibility index (Phi) is 11.7. The fourth-order valence-electron chi connectivity index (χ4n) is 6.02. The number of rotatable bonds is 11. The van der Waals surface area contributed by atoms with Gasteiger partial charge in [0, 0.05) is 34.8 Å². The molecule has 1 aromatic heterocycles. The van der Waals surface area contributed by atoms with E-state index in [2.05, 4.69) is 0 Å². The molecular weight excluding hydrogens is 807 g/mol. The molecule has 0 bridgehead atoms. The molecule has 15 heteroatoms. The van der Waals surface area contributed by atoms with Crippen LogP contribution in [-0.4, -0.2) is 52.1 Å².